The second-order valence-electron chi connectivity index (χ2n) is 5.68. The van der Waals surface area contributed by atoms with Gasteiger partial charge >= 0.3 is 0 Å². The standard InChI is InChI=1S/C16H18N6O/c1-10-11(9-22(2)3)7-12(18-10)8-13-15(20-21-16(13)23)14-5-4-6-17-19-14/h4-8,18H,9H2,1-3H3,(H,21,23)/b13-8+. The number of aromatic amines is 1. The van der Waals surface area contributed by atoms with Gasteiger partial charge in [0.05, 0.1) is 5.57 Å². The Morgan fingerprint density at radius 1 is 1.35 bits per heavy atom. The maximum atomic E-state index is 12.1. The van der Waals surface area contributed by atoms with Gasteiger partial charge in [0.2, 0.25) is 0 Å². The lowest BCUT2D eigenvalue weighted by atomic mass is 10.1. The molecule has 0 radical (unpaired) electrons. The van der Waals surface area contributed by atoms with E-state index in [-0.39, 0.29) is 5.91 Å². The van der Waals surface area contributed by atoms with Gasteiger partial charge in [-0.2, -0.15) is 10.2 Å². The zero-order chi connectivity index (χ0) is 16.4. The van der Waals surface area contributed by atoms with Crippen molar-refractivity contribution in [1.29, 1.82) is 0 Å². The van der Waals surface area contributed by atoms with Crippen LogP contribution in [0, 0.1) is 6.92 Å². The summed E-state index contributed by atoms with van der Waals surface area (Å²) in [6.45, 7) is 2.86. The number of nitrogens with one attached hydrogen (secondary N) is 2. The van der Waals surface area contributed by atoms with Crippen molar-refractivity contribution in [3.05, 3.63) is 52.6 Å². The molecule has 2 aromatic heterocycles. The van der Waals surface area contributed by atoms with Crippen LogP contribution < -0.4 is 5.43 Å². The van der Waals surface area contributed by atoms with Crippen molar-refractivity contribution in [2.75, 3.05) is 14.1 Å². The number of aromatic nitrogens is 3. The molecule has 3 heterocycles. The Morgan fingerprint density at radius 3 is 2.87 bits per heavy atom. The zero-order valence-electron chi connectivity index (χ0n) is 13.3. The molecule has 0 unspecified atom stereocenters. The summed E-state index contributed by atoms with van der Waals surface area (Å²) in [6.07, 6.45) is 3.38. The van der Waals surface area contributed by atoms with Gasteiger partial charge in [0, 0.05) is 24.1 Å². The molecule has 1 amide bonds. The molecule has 3 rings (SSSR count). The number of hydrazone groups is 1. The molecule has 1 aliphatic heterocycles. The first-order valence-electron chi connectivity index (χ1n) is 7.26. The summed E-state index contributed by atoms with van der Waals surface area (Å²) in [5.41, 5.74) is 7.17. The summed E-state index contributed by atoms with van der Waals surface area (Å²) in [4.78, 5) is 17.5. The van der Waals surface area contributed by atoms with Crippen LogP contribution in [-0.4, -0.2) is 45.8 Å². The summed E-state index contributed by atoms with van der Waals surface area (Å²) < 4.78 is 0. The Hall–Kier alpha value is -2.80. The molecule has 7 heteroatoms. The van der Waals surface area contributed by atoms with Gasteiger partial charge in [-0.3, -0.25) is 4.79 Å². The van der Waals surface area contributed by atoms with Crippen LogP contribution in [0.25, 0.3) is 6.08 Å². The molecule has 0 fully saturated rings. The molecule has 1 aliphatic rings. The Morgan fingerprint density at radius 2 is 2.17 bits per heavy atom. The molecule has 7 nitrogen and oxygen atoms in total. The molecule has 0 aliphatic carbocycles. The fraction of sp³-hybridized carbons (Fsp3) is 0.250. The van der Waals surface area contributed by atoms with Crippen molar-refractivity contribution >= 4 is 17.7 Å². The fourth-order valence-corrected chi connectivity index (χ4v) is 2.46. The summed E-state index contributed by atoms with van der Waals surface area (Å²) in [7, 11) is 4.04. The van der Waals surface area contributed by atoms with E-state index in [0.29, 0.717) is 17.0 Å². The van der Waals surface area contributed by atoms with Gasteiger partial charge in [0.1, 0.15) is 11.4 Å². The number of carbonyl (C=O) groups is 1. The van der Waals surface area contributed by atoms with Crippen LogP contribution in [0.4, 0.5) is 0 Å². The average Bonchev–Trinajstić information content (AvgIpc) is 3.04. The third-order valence-electron chi connectivity index (χ3n) is 3.51. The Balaban J connectivity index is 1.94. The monoisotopic (exact) mass is 310 g/mol. The van der Waals surface area contributed by atoms with Crippen molar-refractivity contribution < 1.29 is 4.79 Å². The van der Waals surface area contributed by atoms with E-state index in [1.807, 2.05) is 27.1 Å². The largest absolute Gasteiger partial charge is 0.359 e. The molecule has 0 aromatic carbocycles. The SMILES string of the molecule is Cc1[nH]c(/C=C2/C(=O)NN=C2c2cccnn2)cc1CN(C)C. The van der Waals surface area contributed by atoms with Crippen LogP contribution in [-0.2, 0) is 11.3 Å². The van der Waals surface area contributed by atoms with Crippen LogP contribution in [0.15, 0.2) is 35.1 Å². The summed E-state index contributed by atoms with van der Waals surface area (Å²) in [6, 6.07) is 5.58. The maximum Gasteiger partial charge on any atom is 0.273 e. The smallest absolute Gasteiger partial charge is 0.273 e. The van der Waals surface area contributed by atoms with Gasteiger partial charge in [0.15, 0.2) is 0 Å². The second-order valence-corrected chi connectivity index (χ2v) is 5.68. The maximum absolute atomic E-state index is 12.1. The lowest BCUT2D eigenvalue weighted by molar-refractivity contribution is -0.116. The van der Waals surface area contributed by atoms with Gasteiger partial charge in [-0.25, -0.2) is 5.43 Å². The number of aryl methyl sites for hydroxylation is 1. The van der Waals surface area contributed by atoms with Gasteiger partial charge in [-0.1, -0.05) is 0 Å². The molecular weight excluding hydrogens is 292 g/mol. The number of hydrogen-bond donors (Lipinski definition) is 2. The lowest BCUT2D eigenvalue weighted by Crippen LogP contribution is -2.14. The van der Waals surface area contributed by atoms with Gasteiger partial charge < -0.3 is 9.88 Å². The fourth-order valence-electron chi connectivity index (χ4n) is 2.46. The second kappa shape index (κ2) is 6.13. The Labute approximate surface area is 134 Å². The zero-order valence-corrected chi connectivity index (χ0v) is 13.3. The van der Waals surface area contributed by atoms with E-state index >= 15 is 0 Å². The van der Waals surface area contributed by atoms with Crippen molar-refractivity contribution in [2.45, 2.75) is 13.5 Å². The van der Waals surface area contributed by atoms with Crippen molar-refractivity contribution in [2.24, 2.45) is 5.10 Å². The van der Waals surface area contributed by atoms with Crippen LogP contribution >= 0.6 is 0 Å². The van der Waals surface area contributed by atoms with E-state index in [2.05, 4.69) is 30.6 Å². The van der Waals surface area contributed by atoms with Crippen molar-refractivity contribution in [1.82, 2.24) is 25.5 Å². The molecule has 2 N–H and O–H groups in total. The highest BCUT2D eigenvalue weighted by Crippen LogP contribution is 2.18. The van der Waals surface area contributed by atoms with Crippen molar-refractivity contribution in [3.8, 4) is 0 Å². The van der Waals surface area contributed by atoms with Crippen LogP contribution in [0.2, 0.25) is 0 Å². The Kier molecular flexibility index (Phi) is 4.03. The lowest BCUT2D eigenvalue weighted by Gasteiger charge is -2.07. The molecular formula is C16H18N6O. The molecule has 0 saturated carbocycles. The average molecular weight is 310 g/mol. The third kappa shape index (κ3) is 3.19. The Bertz CT molecular complexity index is 788. The van der Waals surface area contributed by atoms with Crippen LogP contribution in [0.3, 0.4) is 0 Å². The highest BCUT2D eigenvalue weighted by Gasteiger charge is 2.25. The van der Waals surface area contributed by atoms with Crippen LogP contribution in [0.1, 0.15) is 22.6 Å². The van der Waals surface area contributed by atoms with E-state index in [9.17, 15) is 4.79 Å². The van der Waals surface area contributed by atoms with E-state index in [1.165, 1.54) is 5.56 Å². The minimum Gasteiger partial charge on any atom is -0.359 e. The molecule has 23 heavy (non-hydrogen) atoms. The third-order valence-corrected chi connectivity index (χ3v) is 3.51. The van der Waals surface area contributed by atoms with Gasteiger partial charge in [-0.05, 0) is 50.9 Å². The molecule has 0 saturated heterocycles. The number of amides is 1. The first-order chi connectivity index (χ1) is 11.0. The van der Waals surface area contributed by atoms with Crippen molar-refractivity contribution in [3.63, 3.8) is 0 Å². The summed E-state index contributed by atoms with van der Waals surface area (Å²) >= 11 is 0. The first kappa shape index (κ1) is 15.1. The minimum atomic E-state index is -0.243. The van der Waals surface area contributed by atoms with E-state index in [1.54, 1.807) is 24.4 Å². The number of H-pyrrole nitrogens is 1. The predicted octanol–water partition coefficient (Wildman–Crippen LogP) is 1.09. The molecule has 0 bridgehead atoms. The molecule has 0 atom stereocenters. The molecule has 0 spiro atoms. The summed E-state index contributed by atoms with van der Waals surface area (Å²) in [5, 5.41) is 11.9. The predicted molar refractivity (Wildman–Crippen MR) is 87.6 cm³/mol. The number of rotatable bonds is 4. The topological polar surface area (TPSA) is 86.3 Å². The number of carbonyl (C=O) groups excluding carboxylic acids is 1. The quantitative estimate of drug-likeness (QED) is 0.828. The number of hydrogen-bond acceptors (Lipinski definition) is 5. The first-order valence-corrected chi connectivity index (χ1v) is 7.26. The van der Waals surface area contributed by atoms with E-state index < -0.39 is 0 Å². The normalized spacial score (nSPS) is 16.1. The summed E-state index contributed by atoms with van der Waals surface area (Å²) in [5.74, 6) is -0.243. The van der Waals surface area contributed by atoms with E-state index in [4.69, 9.17) is 0 Å². The molecule has 2 aromatic rings. The number of nitrogens with zero attached hydrogens (tertiary/aromatic N) is 4. The van der Waals surface area contributed by atoms with Gasteiger partial charge in [0.25, 0.3) is 5.91 Å². The highest BCUT2D eigenvalue weighted by molar-refractivity contribution is 6.32. The minimum absolute atomic E-state index is 0.243. The molecule has 118 valence electrons. The highest BCUT2D eigenvalue weighted by atomic mass is 16.2. The van der Waals surface area contributed by atoms with E-state index in [0.717, 1.165) is 17.9 Å². The van der Waals surface area contributed by atoms with Crippen LogP contribution in [0.5, 0.6) is 0 Å². The van der Waals surface area contributed by atoms with Gasteiger partial charge in [-0.15, -0.1) is 5.10 Å².